The summed E-state index contributed by atoms with van der Waals surface area (Å²) in [4.78, 5) is 35.5. The van der Waals surface area contributed by atoms with Crippen LogP contribution in [0, 0.1) is 5.92 Å². The lowest BCUT2D eigenvalue weighted by Gasteiger charge is -2.21. The first-order valence-electron chi connectivity index (χ1n) is 5.65. The third-order valence-electron chi connectivity index (χ3n) is 2.88. The minimum atomic E-state index is -1.08. The van der Waals surface area contributed by atoms with Crippen LogP contribution in [0.1, 0.15) is 27.2 Å². The van der Waals surface area contributed by atoms with Crippen LogP contribution >= 0.6 is 0 Å². The molecule has 1 saturated heterocycles. The maximum Gasteiger partial charge on any atom is 0.325 e. The van der Waals surface area contributed by atoms with Gasteiger partial charge in [-0.2, -0.15) is 0 Å². The second-order valence-electron chi connectivity index (χ2n) is 4.61. The van der Waals surface area contributed by atoms with Gasteiger partial charge in [-0.15, -0.1) is 0 Å². The summed E-state index contributed by atoms with van der Waals surface area (Å²) < 4.78 is 0. The van der Waals surface area contributed by atoms with Crippen LogP contribution in [-0.4, -0.2) is 46.4 Å². The zero-order valence-corrected chi connectivity index (χ0v) is 10.3. The van der Waals surface area contributed by atoms with E-state index < -0.39 is 17.9 Å². The van der Waals surface area contributed by atoms with Crippen molar-refractivity contribution in [2.45, 2.75) is 39.3 Å². The molecule has 17 heavy (non-hydrogen) atoms. The summed E-state index contributed by atoms with van der Waals surface area (Å²) in [5.74, 6) is -1.94. The summed E-state index contributed by atoms with van der Waals surface area (Å²) in [5.41, 5.74) is 0. The van der Waals surface area contributed by atoms with Crippen molar-refractivity contribution in [2.24, 2.45) is 5.92 Å². The molecule has 2 amide bonds. The molecule has 0 aromatic rings. The molecule has 2 N–H and O–H groups in total. The molecule has 1 aliphatic heterocycles. The summed E-state index contributed by atoms with van der Waals surface area (Å²) >= 11 is 0. The quantitative estimate of drug-likeness (QED) is 0.716. The zero-order chi connectivity index (χ0) is 13.2. The standard InChI is InChI=1S/C11H18N2O4/c1-6(2)13-5-8(4-9(13)14)10(15)12-7(3)11(16)17/h6-8H,4-5H2,1-3H3,(H,12,15)(H,16,17)/t7-,8?/m1/s1. The highest BCUT2D eigenvalue weighted by atomic mass is 16.4. The summed E-state index contributed by atoms with van der Waals surface area (Å²) in [7, 11) is 0. The first-order chi connectivity index (χ1) is 7.82. The fourth-order valence-electron chi connectivity index (χ4n) is 1.80. The van der Waals surface area contributed by atoms with Crippen molar-refractivity contribution in [2.75, 3.05) is 6.54 Å². The molecule has 0 spiro atoms. The van der Waals surface area contributed by atoms with Crippen LogP contribution in [0.4, 0.5) is 0 Å². The molecule has 1 heterocycles. The van der Waals surface area contributed by atoms with Gasteiger partial charge in [-0.05, 0) is 20.8 Å². The van der Waals surface area contributed by atoms with Crippen molar-refractivity contribution in [3.05, 3.63) is 0 Å². The van der Waals surface area contributed by atoms with Gasteiger partial charge in [0.1, 0.15) is 6.04 Å². The van der Waals surface area contributed by atoms with Gasteiger partial charge in [0.25, 0.3) is 0 Å². The van der Waals surface area contributed by atoms with Gasteiger partial charge >= 0.3 is 5.97 Å². The second kappa shape index (κ2) is 5.16. The van der Waals surface area contributed by atoms with Crippen molar-refractivity contribution in [1.82, 2.24) is 10.2 Å². The Kier molecular flexibility index (Phi) is 4.09. The Labute approximate surface area is 100.0 Å². The Morgan fingerprint density at radius 1 is 1.41 bits per heavy atom. The lowest BCUT2D eigenvalue weighted by atomic mass is 10.1. The molecule has 6 heteroatoms. The van der Waals surface area contributed by atoms with E-state index in [2.05, 4.69) is 5.32 Å². The van der Waals surface area contributed by atoms with Crippen LogP contribution in [0.2, 0.25) is 0 Å². The third-order valence-corrected chi connectivity index (χ3v) is 2.88. The van der Waals surface area contributed by atoms with E-state index in [1.807, 2.05) is 13.8 Å². The van der Waals surface area contributed by atoms with Gasteiger partial charge in [-0.1, -0.05) is 0 Å². The van der Waals surface area contributed by atoms with E-state index in [1.165, 1.54) is 6.92 Å². The molecule has 0 aromatic carbocycles. The number of amides is 2. The molecular formula is C11H18N2O4. The molecule has 1 unspecified atom stereocenters. The fraction of sp³-hybridized carbons (Fsp3) is 0.727. The lowest BCUT2D eigenvalue weighted by Crippen LogP contribution is -2.42. The monoisotopic (exact) mass is 242 g/mol. The van der Waals surface area contributed by atoms with Gasteiger partial charge in [0.2, 0.25) is 11.8 Å². The first-order valence-corrected chi connectivity index (χ1v) is 5.65. The number of carbonyl (C=O) groups is 3. The van der Waals surface area contributed by atoms with Crippen LogP contribution in [0.15, 0.2) is 0 Å². The Balaban J connectivity index is 2.56. The highest BCUT2D eigenvalue weighted by molar-refractivity contribution is 5.91. The summed E-state index contributed by atoms with van der Waals surface area (Å²) in [6.07, 6.45) is 0.163. The van der Waals surface area contributed by atoms with Crippen molar-refractivity contribution in [3.63, 3.8) is 0 Å². The number of likely N-dealkylation sites (tertiary alicyclic amines) is 1. The topological polar surface area (TPSA) is 86.7 Å². The average Bonchev–Trinajstić information content (AvgIpc) is 2.60. The number of rotatable bonds is 4. The molecule has 1 rings (SSSR count). The first kappa shape index (κ1) is 13.5. The van der Waals surface area contributed by atoms with Gasteiger partial charge in [-0.3, -0.25) is 14.4 Å². The minimum Gasteiger partial charge on any atom is -0.480 e. The molecule has 0 saturated carbocycles. The zero-order valence-electron chi connectivity index (χ0n) is 10.3. The Morgan fingerprint density at radius 2 is 2.00 bits per heavy atom. The number of hydrogen-bond donors (Lipinski definition) is 2. The maximum atomic E-state index is 11.7. The highest BCUT2D eigenvalue weighted by Gasteiger charge is 2.36. The molecule has 2 atom stereocenters. The summed E-state index contributed by atoms with van der Waals surface area (Å²) in [6.45, 7) is 5.54. The number of hydrogen-bond acceptors (Lipinski definition) is 3. The van der Waals surface area contributed by atoms with Gasteiger partial charge in [0.15, 0.2) is 0 Å². The van der Waals surface area contributed by atoms with E-state index in [0.29, 0.717) is 6.54 Å². The average molecular weight is 242 g/mol. The van der Waals surface area contributed by atoms with Gasteiger partial charge in [0, 0.05) is 19.0 Å². The highest BCUT2D eigenvalue weighted by Crippen LogP contribution is 2.20. The van der Waals surface area contributed by atoms with Crippen LogP contribution in [-0.2, 0) is 14.4 Å². The molecule has 96 valence electrons. The molecule has 0 bridgehead atoms. The second-order valence-corrected chi connectivity index (χ2v) is 4.61. The van der Waals surface area contributed by atoms with Crippen molar-refractivity contribution in [1.29, 1.82) is 0 Å². The number of carboxylic acids is 1. The largest absolute Gasteiger partial charge is 0.480 e. The van der Waals surface area contributed by atoms with Gasteiger partial charge < -0.3 is 15.3 Å². The number of carboxylic acid groups (broad SMARTS) is 1. The van der Waals surface area contributed by atoms with E-state index in [9.17, 15) is 14.4 Å². The SMILES string of the molecule is CC(C)N1CC(C(=O)N[C@H](C)C(=O)O)CC1=O. The summed E-state index contributed by atoms with van der Waals surface area (Å²) in [6, 6.07) is -0.858. The number of aliphatic carboxylic acids is 1. The molecule has 6 nitrogen and oxygen atoms in total. The summed E-state index contributed by atoms with van der Waals surface area (Å²) in [5, 5.41) is 11.1. The Morgan fingerprint density at radius 3 is 2.41 bits per heavy atom. The van der Waals surface area contributed by atoms with E-state index in [0.717, 1.165) is 0 Å². The number of carbonyl (C=O) groups excluding carboxylic acids is 2. The normalized spacial score (nSPS) is 21.8. The molecular weight excluding hydrogens is 224 g/mol. The van der Waals surface area contributed by atoms with E-state index in [1.54, 1.807) is 4.90 Å². The van der Waals surface area contributed by atoms with Crippen LogP contribution < -0.4 is 5.32 Å². The van der Waals surface area contributed by atoms with Gasteiger partial charge in [-0.25, -0.2) is 0 Å². The van der Waals surface area contributed by atoms with E-state index >= 15 is 0 Å². The number of nitrogens with one attached hydrogen (secondary N) is 1. The van der Waals surface area contributed by atoms with Crippen molar-refractivity contribution < 1.29 is 19.5 Å². The number of nitrogens with zero attached hydrogens (tertiary/aromatic N) is 1. The fourth-order valence-corrected chi connectivity index (χ4v) is 1.80. The van der Waals surface area contributed by atoms with Gasteiger partial charge in [0.05, 0.1) is 5.92 Å². The molecule has 0 radical (unpaired) electrons. The van der Waals surface area contributed by atoms with Crippen molar-refractivity contribution in [3.8, 4) is 0 Å². The van der Waals surface area contributed by atoms with Crippen molar-refractivity contribution >= 4 is 17.8 Å². The Bertz CT molecular complexity index is 340. The van der Waals surface area contributed by atoms with Crippen LogP contribution in [0.5, 0.6) is 0 Å². The minimum absolute atomic E-state index is 0.0527. The van der Waals surface area contributed by atoms with E-state index in [4.69, 9.17) is 5.11 Å². The maximum absolute atomic E-state index is 11.7. The smallest absolute Gasteiger partial charge is 0.325 e. The molecule has 0 aromatic heterocycles. The predicted molar refractivity (Wildman–Crippen MR) is 60.2 cm³/mol. The molecule has 0 aliphatic carbocycles. The predicted octanol–water partition coefficient (Wildman–Crippen LogP) is -0.167. The van der Waals surface area contributed by atoms with Crippen LogP contribution in [0.3, 0.4) is 0 Å². The van der Waals surface area contributed by atoms with Crippen LogP contribution in [0.25, 0.3) is 0 Å². The third kappa shape index (κ3) is 3.18. The van der Waals surface area contributed by atoms with E-state index in [-0.39, 0.29) is 24.3 Å². The molecule has 1 fully saturated rings. The Hall–Kier alpha value is -1.59. The molecule has 1 aliphatic rings. The lowest BCUT2D eigenvalue weighted by molar-refractivity contribution is -0.141.